The molecule has 0 aromatic heterocycles. The maximum atomic E-state index is 9.72. The third-order valence-electron chi connectivity index (χ3n) is 3.05. The monoisotopic (exact) mass is 281 g/mol. The van der Waals surface area contributed by atoms with Gasteiger partial charge in [-0.05, 0) is 12.6 Å². The summed E-state index contributed by atoms with van der Waals surface area (Å²) in [4.78, 5) is 1.93. The van der Waals surface area contributed by atoms with Gasteiger partial charge in [-0.3, -0.25) is 0 Å². The molecule has 0 saturated carbocycles. The number of nitrogens with zero attached hydrogens (tertiary/aromatic N) is 2. The van der Waals surface area contributed by atoms with E-state index in [0.717, 1.165) is 5.56 Å². The van der Waals surface area contributed by atoms with E-state index in [-0.39, 0.29) is 18.4 Å². The minimum Gasteiger partial charge on any atom is -0.409 e. The molecule has 2 atom stereocenters. The molecule has 0 spiro atoms. The van der Waals surface area contributed by atoms with E-state index in [2.05, 4.69) is 5.16 Å². The number of oxime groups is 1. The first kappa shape index (κ1) is 16.4. The maximum Gasteiger partial charge on any atom is 0.147 e. The van der Waals surface area contributed by atoms with Crippen LogP contribution in [0.1, 0.15) is 11.5 Å². The number of nitrogens with two attached hydrogens (primary N) is 1. The number of likely N-dealkylation sites (N-methyl/N-ethyl adjacent to an activating group) is 1. The van der Waals surface area contributed by atoms with Crippen LogP contribution in [0.25, 0.3) is 0 Å². The lowest BCUT2D eigenvalue weighted by Gasteiger charge is -2.25. The first-order valence-corrected chi connectivity index (χ1v) is 6.46. The topological polar surface area (TPSA) is 91.3 Å². The molecule has 0 fully saturated rings. The van der Waals surface area contributed by atoms with E-state index in [0.29, 0.717) is 13.1 Å². The molecule has 0 aliphatic rings. The third-order valence-corrected chi connectivity index (χ3v) is 3.05. The molecule has 112 valence electrons. The largest absolute Gasteiger partial charge is 0.409 e. The Morgan fingerprint density at radius 2 is 2.00 bits per heavy atom. The van der Waals surface area contributed by atoms with Gasteiger partial charge in [-0.2, -0.15) is 0 Å². The van der Waals surface area contributed by atoms with E-state index in [9.17, 15) is 5.11 Å². The fourth-order valence-electron chi connectivity index (χ4n) is 2.12. The Morgan fingerprint density at radius 3 is 2.55 bits per heavy atom. The van der Waals surface area contributed by atoms with Crippen molar-refractivity contribution in [3.05, 3.63) is 35.9 Å². The number of methoxy groups -OCH3 is 1. The molecular weight excluding hydrogens is 258 g/mol. The first-order valence-electron chi connectivity index (χ1n) is 6.46. The number of hydrogen-bond acceptors (Lipinski definition) is 5. The van der Waals surface area contributed by atoms with Crippen LogP contribution in [0.3, 0.4) is 0 Å². The highest BCUT2D eigenvalue weighted by Crippen LogP contribution is 2.17. The zero-order chi connectivity index (χ0) is 15.0. The zero-order valence-corrected chi connectivity index (χ0v) is 11.9. The molecule has 0 aliphatic carbocycles. The molecule has 1 aromatic carbocycles. The van der Waals surface area contributed by atoms with Gasteiger partial charge in [-0.1, -0.05) is 35.5 Å². The van der Waals surface area contributed by atoms with Gasteiger partial charge in [-0.25, -0.2) is 0 Å². The number of amidine groups is 1. The van der Waals surface area contributed by atoms with Crippen LogP contribution in [-0.4, -0.2) is 61.0 Å². The number of benzene rings is 1. The molecule has 0 heterocycles. The minimum atomic E-state index is -0.561. The second-order valence-corrected chi connectivity index (χ2v) is 4.82. The molecule has 1 aromatic rings. The summed E-state index contributed by atoms with van der Waals surface area (Å²) in [7, 11) is 3.42. The van der Waals surface area contributed by atoms with Crippen molar-refractivity contribution in [1.29, 1.82) is 0 Å². The number of aliphatic hydroxyl groups excluding tert-OH is 1. The van der Waals surface area contributed by atoms with Crippen LogP contribution in [0.5, 0.6) is 0 Å². The highest BCUT2D eigenvalue weighted by Gasteiger charge is 2.20. The van der Waals surface area contributed by atoms with Gasteiger partial charge in [0.15, 0.2) is 0 Å². The van der Waals surface area contributed by atoms with Gasteiger partial charge in [0.1, 0.15) is 5.84 Å². The smallest absolute Gasteiger partial charge is 0.147 e. The lowest BCUT2D eigenvalue weighted by atomic mass is 9.97. The Labute approximate surface area is 119 Å². The molecule has 0 saturated heterocycles. The molecule has 0 radical (unpaired) electrons. The van der Waals surface area contributed by atoms with Crippen LogP contribution >= 0.6 is 0 Å². The van der Waals surface area contributed by atoms with Gasteiger partial charge in [0.2, 0.25) is 0 Å². The second kappa shape index (κ2) is 8.52. The van der Waals surface area contributed by atoms with E-state index >= 15 is 0 Å². The van der Waals surface area contributed by atoms with Crippen LogP contribution in [0.4, 0.5) is 0 Å². The maximum absolute atomic E-state index is 9.72. The molecular formula is C14H23N3O3. The van der Waals surface area contributed by atoms with Gasteiger partial charge in [-0.15, -0.1) is 0 Å². The molecule has 2 unspecified atom stereocenters. The normalized spacial score (nSPS) is 15.3. The highest BCUT2D eigenvalue weighted by atomic mass is 16.5. The molecule has 6 nitrogen and oxygen atoms in total. The Kier molecular flexibility index (Phi) is 7.00. The van der Waals surface area contributed by atoms with E-state index < -0.39 is 6.10 Å². The predicted molar refractivity (Wildman–Crippen MR) is 78.0 cm³/mol. The quantitative estimate of drug-likeness (QED) is 0.279. The molecule has 6 heteroatoms. The number of hydrogen-bond donors (Lipinski definition) is 3. The Bertz CT molecular complexity index is 411. The summed E-state index contributed by atoms with van der Waals surface area (Å²) in [6, 6.07) is 9.60. The lowest BCUT2D eigenvalue weighted by Crippen LogP contribution is -2.38. The second-order valence-electron chi connectivity index (χ2n) is 4.82. The van der Waals surface area contributed by atoms with Crippen molar-refractivity contribution >= 4 is 5.84 Å². The van der Waals surface area contributed by atoms with Gasteiger partial charge >= 0.3 is 0 Å². The van der Waals surface area contributed by atoms with Crippen LogP contribution in [0, 0.1) is 0 Å². The van der Waals surface area contributed by atoms with Gasteiger partial charge in [0.25, 0.3) is 0 Å². The Morgan fingerprint density at radius 1 is 1.35 bits per heavy atom. The summed E-state index contributed by atoms with van der Waals surface area (Å²) < 4.78 is 4.90. The average Bonchev–Trinajstić information content (AvgIpc) is 2.45. The summed E-state index contributed by atoms with van der Waals surface area (Å²) >= 11 is 0. The number of rotatable bonds is 8. The summed E-state index contributed by atoms with van der Waals surface area (Å²) in [5, 5.41) is 21.8. The fourth-order valence-corrected chi connectivity index (χ4v) is 2.12. The van der Waals surface area contributed by atoms with E-state index in [4.69, 9.17) is 15.7 Å². The Hall–Kier alpha value is -1.63. The fraction of sp³-hybridized carbons (Fsp3) is 0.500. The predicted octanol–water partition coefficient (Wildman–Crippen LogP) is 0.456. The van der Waals surface area contributed by atoms with E-state index in [1.54, 1.807) is 7.11 Å². The van der Waals surface area contributed by atoms with Crippen LogP contribution < -0.4 is 5.73 Å². The molecule has 4 N–H and O–H groups in total. The highest BCUT2D eigenvalue weighted by molar-refractivity contribution is 5.87. The molecule has 1 rings (SSSR count). The SMILES string of the molecule is COCC(O)CN(C)CC(C(N)=NO)c1ccccc1. The average molecular weight is 281 g/mol. The van der Waals surface area contributed by atoms with Gasteiger partial charge in [0.05, 0.1) is 18.6 Å². The van der Waals surface area contributed by atoms with E-state index in [1.807, 2.05) is 42.3 Å². The van der Waals surface area contributed by atoms with Crippen molar-refractivity contribution in [1.82, 2.24) is 4.90 Å². The third kappa shape index (κ3) is 5.16. The lowest BCUT2D eigenvalue weighted by molar-refractivity contribution is 0.0431. The summed E-state index contributed by atoms with van der Waals surface area (Å²) in [6.45, 7) is 1.28. The van der Waals surface area contributed by atoms with Crippen molar-refractivity contribution in [2.45, 2.75) is 12.0 Å². The van der Waals surface area contributed by atoms with E-state index in [1.165, 1.54) is 0 Å². The number of ether oxygens (including phenoxy) is 1. The van der Waals surface area contributed by atoms with Crippen LogP contribution in [0.2, 0.25) is 0 Å². The van der Waals surface area contributed by atoms with Crippen LogP contribution in [-0.2, 0) is 4.74 Å². The van der Waals surface area contributed by atoms with Crippen LogP contribution in [0.15, 0.2) is 35.5 Å². The molecule has 0 amide bonds. The number of aliphatic hydroxyl groups is 1. The van der Waals surface area contributed by atoms with Crippen molar-refractivity contribution in [3.63, 3.8) is 0 Å². The van der Waals surface area contributed by atoms with Gasteiger partial charge in [0, 0.05) is 20.2 Å². The summed E-state index contributed by atoms with van der Waals surface area (Å²) in [5.74, 6) is -0.0646. The molecule has 0 bridgehead atoms. The zero-order valence-electron chi connectivity index (χ0n) is 11.9. The van der Waals surface area contributed by atoms with Crippen molar-refractivity contribution in [2.75, 3.05) is 33.9 Å². The first-order chi connectivity index (χ1) is 9.58. The van der Waals surface area contributed by atoms with Gasteiger partial charge < -0.3 is 25.7 Å². The Balaban J connectivity index is 2.71. The molecule has 20 heavy (non-hydrogen) atoms. The summed E-state index contributed by atoms with van der Waals surface area (Å²) in [6.07, 6.45) is -0.561. The van der Waals surface area contributed by atoms with Crippen molar-refractivity contribution in [2.24, 2.45) is 10.9 Å². The standard InChI is InChI=1S/C14H23N3O3/c1-17(8-12(18)10-20-2)9-13(14(15)16-19)11-6-4-3-5-7-11/h3-7,12-13,18-19H,8-10H2,1-2H3,(H2,15,16). The molecule has 0 aliphatic heterocycles. The summed E-state index contributed by atoms with van der Waals surface area (Å²) in [5.41, 5.74) is 6.74. The minimum absolute atomic E-state index is 0.157. The van der Waals surface area contributed by atoms with Crippen molar-refractivity contribution < 1.29 is 15.1 Å². The van der Waals surface area contributed by atoms with Crippen molar-refractivity contribution in [3.8, 4) is 0 Å².